The number of carbonyl (C=O) groups excluding carboxylic acids is 1. The van der Waals surface area contributed by atoms with Gasteiger partial charge in [-0.1, -0.05) is 13.8 Å². The minimum absolute atomic E-state index is 0.143. The van der Waals surface area contributed by atoms with Gasteiger partial charge in [0.15, 0.2) is 0 Å². The van der Waals surface area contributed by atoms with Crippen LogP contribution in [0.15, 0.2) is 0 Å². The number of aliphatic hydroxyl groups is 1. The molecule has 4 heteroatoms. The molecule has 0 radical (unpaired) electrons. The monoisotopic (exact) mass is 246 g/mol. The van der Waals surface area contributed by atoms with Crippen LogP contribution in [0, 0.1) is 11.8 Å². The van der Waals surface area contributed by atoms with Crippen molar-refractivity contribution in [3.8, 4) is 0 Å². The van der Waals surface area contributed by atoms with Crippen LogP contribution in [-0.2, 0) is 9.53 Å². The van der Waals surface area contributed by atoms with Crippen LogP contribution in [0.2, 0.25) is 0 Å². The van der Waals surface area contributed by atoms with Gasteiger partial charge in [-0.25, -0.2) is 9.18 Å². The summed E-state index contributed by atoms with van der Waals surface area (Å²) in [6, 6.07) is 0. The molecule has 1 saturated carbocycles. The smallest absolute Gasteiger partial charge is 0.343 e. The van der Waals surface area contributed by atoms with Gasteiger partial charge < -0.3 is 9.84 Å². The van der Waals surface area contributed by atoms with Gasteiger partial charge in [-0.05, 0) is 44.4 Å². The summed E-state index contributed by atoms with van der Waals surface area (Å²) in [5.74, 6) is 0.128. The number of rotatable bonds is 4. The van der Waals surface area contributed by atoms with E-state index in [2.05, 4.69) is 18.6 Å². The summed E-state index contributed by atoms with van der Waals surface area (Å²) in [6.45, 7) is 6.04. The van der Waals surface area contributed by atoms with Gasteiger partial charge in [0.05, 0.1) is 6.61 Å². The maximum atomic E-state index is 13.9. The van der Waals surface area contributed by atoms with Crippen LogP contribution >= 0.6 is 0 Å². The van der Waals surface area contributed by atoms with Crippen LogP contribution in [0.1, 0.15) is 46.5 Å². The Hall–Kier alpha value is -0.640. The van der Waals surface area contributed by atoms with E-state index in [0.29, 0.717) is 24.7 Å². The van der Waals surface area contributed by atoms with E-state index in [1.165, 1.54) is 0 Å². The van der Waals surface area contributed by atoms with Crippen LogP contribution in [0.25, 0.3) is 0 Å². The van der Waals surface area contributed by atoms with Gasteiger partial charge in [0.25, 0.3) is 0 Å². The third-order valence-corrected chi connectivity index (χ3v) is 3.80. The lowest BCUT2D eigenvalue weighted by Crippen LogP contribution is -2.48. The average Bonchev–Trinajstić information content (AvgIpc) is 2.29. The fourth-order valence-electron chi connectivity index (χ4n) is 2.49. The van der Waals surface area contributed by atoms with Crippen molar-refractivity contribution in [1.82, 2.24) is 0 Å². The molecule has 0 amide bonds. The van der Waals surface area contributed by atoms with Crippen molar-refractivity contribution >= 4 is 5.97 Å². The molecule has 17 heavy (non-hydrogen) atoms. The van der Waals surface area contributed by atoms with Gasteiger partial charge in [-0.15, -0.1) is 0 Å². The number of hydrogen-bond acceptors (Lipinski definition) is 3. The molecule has 1 unspecified atom stereocenters. The molecule has 0 saturated heterocycles. The Morgan fingerprint density at radius 3 is 2.41 bits per heavy atom. The quantitative estimate of drug-likeness (QED) is 0.775. The first-order chi connectivity index (χ1) is 7.90. The Balaban J connectivity index is 2.56. The molecule has 0 bridgehead atoms. The standard InChI is InChI=1S/C13H23FO3/c1-4-17-12(15)11(14)13(16)7-5-10(6-8-13)9(2)3/h9-11,16H,4-8H2,1-3H3. The first kappa shape index (κ1) is 14.4. The molecule has 1 atom stereocenters. The van der Waals surface area contributed by atoms with E-state index >= 15 is 0 Å². The van der Waals surface area contributed by atoms with Crippen molar-refractivity contribution in [2.75, 3.05) is 6.61 Å². The normalized spacial score (nSPS) is 31.3. The molecular formula is C13H23FO3. The molecule has 0 aromatic rings. The van der Waals surface area contributed by atoms with Crippen molar-refractivity contribution in [1.29, 1.82) is 0 Å². The van der Waals surface area contributed by atoms with Crippen molar-refractivity contribution in [2.45, 2.75) is 58.2 Å². The minimum Gasteiger partial charge on any atom is -0.464 e. The molecular weight excluding hydrogens is 223 g/mol. The van der Waals surface area contributed by atoms with Crippen LogP contribution in [-0.4, -0.2) is 29.5 Å². The van der Waals surface area contributed by atoms with E-state index in [-0.39, 0.29) is 6.61 Å². The highest BCUT2D eigenvalue weighted by molar-refractivity contribution is 5.76. The summed E-state index contributed by atoms with van der Waals surface area (Å²) in [5.41, 5.74) is -1.52. The number of ether oxygens (including phenoxy) is 1. The average molecular weight is 246 g/mol. The zero-order chi connectivity index (χ0) is 13.1. The summed E-state index contributed by atoms with van der Waals surface area (Å²) < 4.78 is 18.5. The Kier molecular flexibility index (Phi) is 4.92. The number of alkyl halides is 1. The molecule has 0 aromatic heterocycles. The van der Waals surface area contributed by atoms with E-state index < -0.39 is 17.7 Å². The molecule has 0 aliphatic heterocycles. The van der Waals surface area contributed by atoms with Crippen LogP contribution < -0.4 is 0 Å². The van der Waals surface area contributed by atoms with Gasteiger partial charge >= 0.3 is 5.97 Å². The first-order valence-electron chi connectivity index (χ1n) is 6.43. The second-order valence-corrected chi connectivity index (χ2v) is 5.30. The highest BCUT2D eigenvalue weighted by atomic mass is 19.1. The highest BCUT2D eigenvalue weighted by Crippen LogP contribution is 2.38. The SMILES string of the molecule is CCOC(=O)C(F)C1(O)CCC(C(C)C)CC1. The predicted molar refractivity (Wildman–Crippen MR) is 63.3 cm³/mol. The van der Waals surface area contributed by atoms with Gasteiger partial charge in [-0.3, -0.25) is 0 Å². The molecule has 0 heterocycles. The van der Waals surface area contributed by atoms with Gasteiger partial charge in [0.2, 0.25) is 6.17 Å². The van der Waals surface area contributed by atoms with E-state index in [1.807, 2.05) is 0 Å². The molecule has 0 aromatic carbocycles. The number of hydrogen-bond donors (Lipinski definition) is 1. The topological polar surface area (TPSA) is 46.5 Å². The Bertz CT molecular complexity index is 257. The van der Waals surface area contributed by atoms with Crippen molar-refractivity contribution in [3.63, 3.8) is 0 Å². The highest BCUT2D eigenvalue weighted by Gasteiger charge is 2.45. The van der Waals surface area contributed by atoms with Crippen molar-refractivity contribution in [3.05, 3.63) is 0 Å². The number of halogens is 1. The molecule has 3 nitrogen and oxygen atoms in total. The third-order valence-electron chi connectivity index (χ3n) is 3.80. The van der Waals surface area contributed by atoms with E-state index in [1.54, 1.807) is 6.92 Å². The lowest BCUT2D eigenvalue weighted by atomic mass is 9.73. The molecule has 1 fully saturated rings. The van der Waals surface area contributed by atoms with Crippen molar-refractivity contribution in [2.24, 2.45) is 11.8 Å². The lowest BCUT2D eigenvalue weighted by molar-refractivity contribution is -0.164. The molecule has 1 aliphatic carbocycles. The van der Waals surface area contributed by atoms with E-state index in [9.17, 15) is 14.3 Å². The summed E-state index contributed by atoms with van der Waals surface area (Å²) >= 11 is 0. The molecule has 1 aliphatic rings. The summed E-state index contributed by atoms with van der Waals surface area (Å²) in [5, 5.41) is 10.2. The summed E-state index contributed by atoms with van der Waals surface area (Å²) in [6.07, 6.45) is 0.323. The molecule has 1 rings (SSSR count). The largest absolute Gasteiger partial charge is 0.464 e. The van der Waals surface area contributed by atoms with Gasteiger partial charge in [-0.2, -0.15) is 0 Å². The van der Waals surface area contributed by atoms with Gasteiger partial charge in [0.1, 0.15) is 5.60 Å². The molecule has 1 N–H and O–H groups in total. The summed E-state index contributed by atoms with van der Waals surface area (Å²) in [7, 11) is 0. The zero-order valence-electron chi connectivity index (χ0n) is 10.9. The Morgan fingerprint density at radius 1 is 1.47 bits per heavy atom. The van der Waals surface area contributed by atoms with Crippen molar-refractivity contribution < 1.29 is 19.0 Å². The second-order valence-electron chi connectivity index (χ2n) is 5.30. The van der Waals surface area contributed by atoms with Gasteiger partial charge in [0, 0.05) is 0 Å². The lowest BCUT2D eigenvalue weighted by Gasteiger charge is -2.38. The zero-order valence-corrected chi connectivity index (χ0v) is 10.9. The summed E-state index contributed by atoms with van der Waals surface area (Å²) in [4.78, 5) is 11.3. The maximum absolute atomic E-state index is 13.9. The van der Waals surface area contributed by atoms with Crippen LogP contribution in [0.3, 0.4) is 0 Å². The molecule has 0 spiro atoms. The second kappa shape index (κ2) is 5.80. The third kappa shape index (κ3) is 3.41. The fourth-order valence-corrected chi connectivity index (χ4v) is 2.49. The minimum atomic E-state index is -1.91. The Labute approximate surface area is 102 Å². The Morgan fingerprint density at radius 2 is 2.00 bits per heavy atom. The number of carbonyl (C=O) groups is 1. The van der Waals surface area contributed by atoms with E-state index in [4.69, 9.17) is 0 Å². The number of esters is 1. The maximum Gasteiger partial charge on any atom is 0.343 e. The van der Waals surface area contributed by atoms with Crippen LogP contribution in [0.4, 0.5) is 4.39 Å². The molecule has 100 valence electrons. The fraction of sp³-hybridized carbons (Fsp3) is 0.923. The first-order valence-corrected chi connectivity index (χ1v) is 6.43. The van der Waals surface area contributed by atoms with E-state index in [0.717, 1.165) is 12.8 Å². The van der Waals surface area contributed by atoms with Crippen LogP contribution in [0.5, 0.6) is 0 Å². The predicted octanol–water partition coefficient (Wildman–Crippen LogP) is 2.46.